The van der Waals surface area contributed by atoms with Crippen LogP contribution >= 0.6 is 47.2 Å². The topological polar surface area (TPSA) is 63.4 Å². The van der Waals surface area contributed by atoms with Crippen LogP contribution in [-0.2, 0) is 11.3 Å². The molecule has 132 valence electrons. The SMILES string of the molecule is O=C1/C(=C/c2c(Cl)ccc([N+](=O)[O-])c2Cl)SC(=S)N1Cc1ccccc1. The Kier molecular flexibility index (Phi) is 5.62. The summed E-state index contributed by atoms with van der Waals surface area (Å²) in [4.78, 5) is 24.9. The molecule has 0 saturated carbocycles. The maximum Gasteiger partial charge on any atom is 0.288 e. The van der Waals surface area contributed by atoms with Gasteiger partial charge in [0.15, 0.2) is 0 Å². The fourth-order valence-corrected chi connectivity index (χ4v) is 4.15. The number of thiocarbonyl (C=S) groups is 1. The Morgan fingerprint density at radius 2 is 1.88 bits per heavy atom. The van der Waals surface area contributed by atoms with Crippen LogP contribution in [0.15, 0.2) is 47.4 Å². The van der Waals surface area contributed by atoms with Crippen LogP contribution in [0.25, 0.3) is 6.08 Å². The molecule has 0 unspecified atom stereocenters. The molecular formula is C17H10Cl2N2O3S2. The number of rotatable bonds is 4. The van der Waals surface area contributed by atoms with Crippen molar-refractivity contribution in [3.05, 3.63) is 78.7 Å². The minimum Gasteiger partial charge on any atom is -0.288 e. The van der Waals surface area contributed by atoms with Crippen molar-refractivity contribution >= 4 is 69.2 Å². The molecule has 2 aromatic rings. The first kappa shape index (κ1) is 18.8. The Bertz CT molecular complexity index is 949. The molecule has 9 heteroatoms. The van der Waals surface area contributed by atoms with Gasteiger partial charge in [0.1, 0.15) is 9.34 Å². The Morgan fingerprint density at radius 3 is 2.54 bits per heavy atom. The summed E-state index contributed by atoms with van der Waals surface area (Å²) in [7, 11) is 0. The summed E-state index contributed by atoms with van der Waals surface area (Å²) >= 11 is 18.6. The van der Waals surface area contributed by atoms with Crippen LogP contribution in [0.2, 0.25) is 10.0 Å². The zero-order valence-electron chi connectivity index (χ0n) is 13.0. The zero-order chi connectivity index (χ0) is 18.8. The number of hydrogen-bond donors (Lipinski definition) is 0. The van der Waals surface area contributed by atoms with E-state index in [4.69, 9.17) is 35.4 Å². The first-order chi connectivity index (χ1) is 12.4. The number of nitro groups is 1. The van der Waals surface area contributed by atoms with Gasteiger partial charge < -0.3 is 0 Å². The number of halogens is 2. The van der Waals surface area contributed by atoms with E-state index in [-0.39, 0.29) is 27.2 Å². The van der Waals surface area contributed by atoms with Gasteiger partial charge in [0.25, 0.3) is 11.6 Å². The molecule has 0 atom stereocenters. The van der Waals surface area contributed by atoms with E-state index >= 15 is 0 Å². The summed E-state index contributed by atoms with van der Waals surface area (Å²) < 4.78 is 0.405. The van der Waals surface area contributed by atoms with Crippen LogP contribution in [0.1, 0.15) is 11.1 Å². The molecule has 0 N–H and O–H groups in total. The highest BCUT2D eigenvalue weighted by Crippen LogP contribution is 2.39. The molecule has 1 heterocycles. The second-order valence-electron chi connectivity index (χ2n) is 5.30. The van der Waals surface area contributed by atoms with Crippen LogP contribution in [0.3, 0.4) is 0 Å². The quantitative estimate of drug-likeness (QED) is 0.288. The fourth-order valence-electron chi connectivity index (χ4n) is 2.36. The lowest BCUT2D eigenvalue weighted by atomic mass is 10.1. The minimum atomic E-state index is -0.601. The van der Waals surface area contributed by atoms with Crippen molar-refractivity contribution in [3.63, 3.8) is 0 Å². The van der Waals surface area contributed by atoms with E-state index in [0.717, 1.165) is 17.3 Å². The molecule has 3 rings (SSSR count). The van der Waals surface area contributed by atoms with Crippen LogP contribution in [0, 0.1) is 10.1 Å². The molecule has 1 saturated heterocycles. The first-order valence-corrected chi connectivity index (χ1v) is 9.28. The molecular weight excluding hydrogens is 415 g/mol. The monoisotopic (exact) mass is 424 g/mol. The molecule has 1 fully saturated rings. The second-order valence-corrected chi connectivity index (χ2v) is 7.77. The number of nitrogens with zero attached hydrogens (tertiary/aromatic N) is 2. The van der Waals surface area contributed by atoms with Crippen LogP contribution in [0.5, 0.6) is 0 Å². The smallest absolute Gasteiger partial charge is 0.288 e. The number of hydrogen-bond acceptors (Lipinski definition) is 5. The van der Waals surface area contributed by atoms with Crippen molar-refractivity contribution in [1.82, 2.24) is 4.90 Å². The molecule has 1 amide bonds. The third-order valence-electron chi connectivity index (χ3n) is 3.64. The summed E-state index contributed by atoms with van der Waals surface area (Å²) in [5.74, 6) is -0.289. The van der Waals surface area contributed by atoms with Gasteiger partial charge in [-0.25, -0.2) is 0 Å². The second kappa shape index (κ2) is 7.75. The van der Waals surface area contributed by atoms with E-state index in [1.165, 1.54) is 23.1 Å². The van der Waals surface area contributed by atoms with Crippen molar-refractivity contribution in [1.29, 1.82) is 0 Å². The van der Waals surface area contributed by atoms with Gasteiger partial charge >= 0.3 is 0 Å². The highest BCUT2D eigenvalue weighted by molar-refractivity contribution is 8.26. The summed E-state index contributed by atoms with van der Waals surface area (Å²) in [6, 6.07) is 12.1. The minimum absolute atomic E-state index is 0.115. The average Bonchev–Trinajstić information content (AvgIpc) is 2.86. The highest BCUT2D eigenvalue weighted by Gasteiger charge is 2.32. The third-order valence-corrected chi connectivity index (χ3v) is 5.74. The lowest BCUT2D eigenvalue weighted by Gasteiger charge is -2.14. The first-order valence-electron chi connectivity index (χ1n) is 7.30. The van der Waals surface area contributed by atoms with Gasteiger partial charge in [-0.1, -0.05) is 77.5 Å². The molecule has 0 aromatic heterocycles. The summed E-state index contributed by atoms with van der Waals surface area (Å²) in [5.41, 5.74) is 0.890. The average molecular weight is 425 g/mol. The van der Waals surface area contributed by atoms with Crippen molar-refractivity contribution < 1.29 is 9.72 Å². The van der Waals surface area contributed by atoms with E-state index in [1.54, 1.807) is 0 Å². The van der Waals surface area contributed by atoms with Crippen LogP contribution < -0.4 is 0 Å². The summed E-state index contributed by atoms with van der Waals surface area (Å²) in [5, 5.41) is 11.2. The Balaban J connectivity index is 1.94. The Hall–Kier alpha value is -1.93. The van der Waals surface area contributed by atoms with E-state index in [2.05, 4.69) is 0 Å². The Morgan fingerprint density at radius 1 is 1.19 bits per heavy atom. The largest absolute Gasteiger partial charge is 0.288 e. The van der Waals surface area contributed by atoms with Gasteiger partial charge in [-0.15, -0.1) is 0 Å². The maximum atomic E-state index is 12.7. The lowest BCUT2D eigenvalue weighted by Crippen LogP contribution is -2.27. The normalized spacial score (nSPS) is 15.8. The molecule has 1 aliphatic heterocycles. The van der Waals surface area contributed by atoms with Gasteiger partial charge in [0.2, 0.25) is 0 Å². The van der Waals surface area contributed by atoms with E-state index in [9.17, 15) is 14.9 Å². The molecule has 5 nitrogen and oxygen atoms in total. The molecule has 0 radical (unpaired) electrons. The van der Waals surface area contributed by atoms with Crippen molar-refractivity contribution in [2.45, 2.75) is 6.54 Å². The number of thioether (sulfide) groups is 1. The Labute approximate surface area is 168 Å². The van der Waals surface area contributed by atoms with E-state index in [0.29, 0.717) is 15.8 Å². The highest BCUT2D eigenvalue weighted by atomic mass is 35.5. The van der Waals surface area contributed by atoms with Crippen molar-refractivity contribution in [2.24, 2.45) is 0 Å². The predicted molar refractivity (Wildman–Crippen MR) is 108 cm³/mol. The molecule has 0 aliphatic carbocycles. The van der Waals surface area contributed by atoms with Crippen LogP contribution in [-0.4, -0.2) is 20.1 Å². The number of carbonyl (C=O) groups excluding carboxylic acids is 1. The number of carbonyl (C=O) groups is 1. The van der Waals surface area contributed by atoms with Gasteiger partial charge in [0.05, 0.1) is 16.4 Å². The maximum absolute atomic E-state index is 12.7. The fraction of sp³-hybridized carbons (Fsp3) is 0.0588. The van der Waals surface area contributed by atoms with Crippen molar-refractivity contribution in [3.8, 4) is 0 Å². The molecule has 0 bridgehead atoms. The lowest BCUT2D eigenvalue weighted by molar-refractivity contribution is -0.384. The molecule has 2 aromatic carbocycles. The standard InChI is InChI=1S/C17H10Cl2N2O3S2/c18-12-6-7-13(21(23)24)15(19)11(12)8-14-16(22)20(17(25)26-14)9-10-4-2-1-3-5-10/h1-8H,9H2/b14-8-. The summed E-state index contributed by atoms with van der Waals surface area (Å²) in [6.07, 6.45) is 1.45. The van der Waals surface area contributed by atoms with Gasteiger partial charge in [-0.2, -0.15) is 0 Å². The molecule has 1 aliphatic rings. The molecule has 26 heavy (non-hydrogen) atoms. The zero-order valence-corrected chi connectivity index (χ0v) is 16.2. The third kappa shape index (κ3) is 3.76. The van der Waals surface area contributed by atoms with Gasteiger partial charge in [0, 0.05) is 16.7 Å². The van der Waals surface area contributed by atoms with Crippen LogP contribution in [0.4, 0.5) is 5.69 Å². The number of nitro benzene ring substituents is 1. The van der Waals surface area contributed by atoms with Gasteiger partial charge in [-0.3, -0.25) is 19.8 Å². The van der Waals surface area contributed by atoms with Crippen molar-refractivity contribution in [2.75, 3.05) is 0 Å². The number of benzene rings is 2. The number of amides is 1. The summed E-state index contributed by atoms with van der Waals surface area (Å²) in [6.45, 7) is 0.346. The molecule has 0 spiro atoms. The van der Waals surface area contributed by atoms with E-state index < -0.39 is 4.92 Å². The van der Waals surface area contributed by atoms with Gasteiger partial charge in [-0.05, 0) is 17.7 Å². The predicted octanol–water partition coefficient (Wildman–Crippen LogP) is 5.30. The van der Waals surface area contributed by atoms with E-state index in [1.807, 2.05) is 30.3 Å².